The largest absolute Gasteiger partial charge is 0.421 e. The van der Waals surface area contributed by atoms with Crippen LogP contribution in [0.5, 0.6) is 0 Å². The first-order chi connectivity index (χ1) is 14.3. The number of fused-ring (bicyclic) bond motifs is 1. The molecule has 0 unspecified atom stereocenters. The number of para-hydroxylation sites is 3. The standard InChI is InChI=1S/C25H22BN3/c1-19-11-10-12-20(2)25(19)29-23-16-7-6-15-22(23)28(24-17-8-9-18-27-24)26(29)21-13-4-3-5-14-21/h3-18H,1-2H3. The Labute approximate surface area is 172 Å². The van der Waals surface area contributed by atoms with Gasteiger partial charge in [0.25, 0.3) is 0 Å². The molecule has 1 aliphatic rings. The van der Waals surface area contributed by atoms with Crippen LogP contribution in [0.2, 0.25) is 0 Å². The van der Waals surface area contributed by atoms with Crippen molar-refractivity contribution >= 4 is 35.3 Å². The molecule has 0 bridgehead atoms. The molecule has 2 heterocycles. The number of benzene rings is 3. The van der Waals surface area contributed by atoms with Gasteiger partial charge in [0.2, 0.25) is 0 Å². The van der Waals surface area contributed by atoms with Crippen molar-refractivity contribution in [2.75, 3.05) is 9.62 Å². The topological polar surface area (TPSA) is 19.4 Å². The quantitative estimate of drug-likeness (QED) is 0.448. The lowest BCUT2D eigenvalue weighted by Crippen LogP contribution is -2.53. The number of pyridine rings is 1. The minimum atomic E-state index is -0.0108. The lowest BCUT2D eigenvalue weighted by atomic mass is 9.64. The Hall–Kier alpha value is -3.53. The van der Waals surface area contributed by atoms with E-state index in [9.17, 15) is 0 Å². The number of aromatic nitrogens is 1. The van der Waals surface area contributed by atoms with Crippen LogP contribution >= 0.6 is 0 Å². The first kappa shape index (κ1) is 17.6. The van der Waals surface area contributed by atoms with Crippen molar-refractivity contribution < 1.29 is 0 Å². The number of aryl methyl sites for hydroxylation is 2. The molecule has 4 heteroatoms. The maximum atomic E-state index is 4.71. The van der Waals surface area contributed by atoms with Gasteiger partial charge in [0.1, 0.15) is 5.82 Å². The monoisotopic (exact) mass is 375 g/mol. The molecule has 5 rings (SSSR count). The molecule has 0 amide bonds. The fourth-order valence-corrected chi connectivity index (χ4v) is 4.35. The lowest BCUT2D eigenvalue weighted by Gasteiger charge is -2.31. The Balaban J connectivity index is 1.81. The van der Waals surface area contributed by atoms with E-state index >= 15 is 0 Å². The molecule has 1 aliphatic heterocycles. The normalized spacial score (nSPS) is 13.0. The van der Waals surface area contributed by atoms with E-state index in [1.165, 1.54) is 33.7 Å². The Morgan fingerprint density at radius 1 is 0.621 bits per heavy atom. The molecule has 0 fully saturated rings. The molecule has 0 spiro atoms. The summed E-state index contributed by atoms with van der Waals surface area (Å²) in [5.74, 6) is 0.947. The highest BCUT2D eigenvalue weighted by Crippen LogP contribution is 2.46. The van der Waals surface area contributed by atoms with Gasteiger partial charge in [-0.3, -0.25) is 0 Å². The molecule has 4 aromatic rings. The predicted molar refractivity (Wildman–Crippen MR) is 123 cm³/mol. The second-order valence-corrected chi connectivity index (χ2v) is 7.44. The van der Waals surface area contributed by atoms with Crippen molar-refractivity contribution in [1.29, 1.82) is 0 Å². The zero-order valence-electron chi connectivity index (χ0n) is 16.7. The summed E-state index contributed by atoms with van der Waals surface area (Å²) in [6.07, 6.45) is 1.86. The van der Waals surface area contributed by atoms with Crippen LogP contribution in [0.4, 0.5) is 22.9 Å². The van der Waals surface area contributed by atoms with Gasteiger partial charge >= 0.3 is 6.98 Å². The molecule has 0 radical (unpaired) electrons. The number of hydrogen-bond acceptors (Lipinski definition) is 3. The molecule has 3 nitrogen and oxygen atoms in total. The van der Waals surface area contributed by atoms with E-state index in [1.807, 2.05) is 12.3 Å². The summed E-state index contributed by atoms with van der Waals surface area (Å²) in [7, 11) is 0. The Morgan fingerprint density at radius 2 is 1.24 bits per heavy atom. The highest BCUT2D eigenvalue weighted by molar-refractivity contribution is 6.84. The third-order valence-corrected chi connectivity index (χ3v) is 5.56. The van der Waals surface area contributed by atoms with Crippen LogP contribution in [-0.4, -0.2) is 12.0 Å². The average Bonchev–Trinajstić information content (AvgIpc) is 3.10. The molecule has 3 aromatic carbocycles. The van der Waals surface area contributed by atoms with Crippen molar-refractivity contribution in [3.05, 3.63) is 108 Å². The third-order valence-electron chi connectivity index (χ3n) is 5.56. The third kappa shape index (κ3) is 2.88. The van der Waals surface area contributed by atoms with Gasteiger partial charge in [0, 0.05) is 11.9 Å². The van der Waals surface area contributed by atoms with E-state index in [2.05, 4.69) is 108 Å². The Kier molecular flexibility index (Phi) is 4.32. The van der Waals surface area contributed by atoms with Gasteiger partial charge in [-0.2, -0.15) is 0 Å². The molecule has 0 aliphatic carbocycles. The first-order valence-corrected chi connectivity index (χ1v) is 9.95. The maximum Gasteiger partial charge on any atom is 0.421 e. The Morgan fingerprint density at radius 3 is 1.90 bits per heavy atom. The summed E-state index contributed by atoms with van der Waals surface area (Å²) in [5.41, 5.74) is 7.39. The van der Waals surface area contributed by atoms with Crippen molar-refractivity contribution in [1.82, 2.24) is 4.98 Å². The minimum Gasteiger partial charge on any atom is -0.359 e. The van der Waals surface area contributed by atoms with Gasteiger partial charge in [-0.05, 0) is 54.7 Å². The number of rotatable bonds is 3. The van der Waals surface area contributed by atoms with E-state index in [0.29, 0.717) is 0 Å². The fraction of sp³-hybridized carbons (Fsp3) is 0.0800. The number of anilines is 4. The van der Waals surface area contributed by atoms with Gasteiger partial charge in [-0.1, -0.05) is 66.7 Å². The summed E-state index contributed by atoms with van der Waals surface area (Å²) in [6, 6.07) is 31.9. The van der Waals surface area contributed by atoms with Crippen LogP contribution in [0.3, 0.4) is 0 Å². The van der Waals surface area contributed by atoms with Crippen LogP contribution in [0, 0.1) is 13.8 Å². The van der Waals surface area contributed by atoms with Crippen molar-refractivity contribution in [2.24, 2.45) is 0 Å². The van der Waals surface area contributed by atoms with Gasteiger partial charge in [-0.25, -0.2) is 4.98 Å². The summed E-state index contributed by atoms with van der Waals surface area (Å²) in [5, 5.41) is 0. The summed E-state index contributed by atoms with van der Waals surface area (Å²) >= 11 is 0. The zero-order chi connectivity index (χ0) is 19.8. The van der Waals surface area contributed by atoms with Crippen LogP contribution in [0.15, 0.2) is 97.2 Å². The highest BCUT2D eigenvalue weighted by Gasteiger charge is 2.44. The van der Waals surface area contributed by atoms with Crippen molar-refractivity contribution in [3.63, 3.8) is 0 Å². The molecule has 0 saturated heterocycles. The van der Waals surface area contributed by atoms with Crippen LogP contribution in [0.25, 0.3) is 0 Å². The van der Waals surface area contributed by atoms with Gasteiger partial charge in [0.15, 0.2) is 0 Å². The fourth-order valence-electron chi connectivity index (χ4n) is 4.35. The molecular formula is C25H22BN3. The van der Waals surface area contributed by atoms with E-state index in [0.717, 1.165) is 5.82 Å². The molecule has 0 saturated carbocycles. The van der Waals surface area contributed by atoms with E-state index < -0.39 is 0 Å². The van der Waals surface area contributed by atoms with Crippen LogP contribution in [0.1, 0.15) is 11.1 Å². The average molecular weight is 375 g/mol. The van der Waals surface area contributed by atoms with Crippen LogP contribution in [-0.2, 0) is 0 Å². The van der Waals surface area contributed by atoms with E-state index in [4.69, 9.17) is 4.98 Å². The maximum absolute atomic E-state index is 4.71. The molecule has 1 aromatic heterocycles. The Bertz CT molecular complexity index is 1120. The minimum absolute atomic E-state index is 0.0108. The molecule has 140 valence electrons. The molecule has 0 atom stereocenters. The second kappa shape index (κ2) is 7.14. The summed E-state index contributed by atoms with van der Waals surface area (Å²) in [6.45, 7) is 4.37. The highest BCUT2D eigenvalue weighted by atomic mass is 15.3. The summed E-state index contributed by atoms with van der Waals surface area (Å²) < 4.78 is 0. The lowest BCUT2D eigenvalue weighted by molar-refractivity contribution is 1.24. The van der Waals surface area contributed by atoms with Gasteiger partial charge < -0.3 is 9.62 Å². The van der Waals surface area contributed by atoms with Crippen LogP contribution < -0.4 is 15.1 Å². The summed E-state index contributed by atoms with van der Waals surface area (Å²) in [4.78, 5) is 9.51. The van der Waals surface area contributed by atoms with E-state index in [-0.39, 0.29) is 6.98 Å². The van der Waals surface area contributed by atoms with Gasteiger partial charge in [-0.15, -0.1) is 0 Å². The van der Waals surface area contributed by atoms with Crippen molar-refractivity contribution in [2.45, 2.75) is 13.8 Å². The number of nitrogens with zero attached hydrogens (tertiary/aromatic N) is 3. The molecule has 29 heavy (non-hydrogen) atoms. The SMILES string of the molecule is Cc1cccc(C)c1N1B(c2ccccc2)N(c2ccccn2)c2ccccc21. The smallest absolute Gasteiger partial charge is 0.359 e. The predicted octanol–water partition coefficient (Wildman–Crippen LogP) is 5.38. The first-order valence-electron chi connectivity index (χ1n) is 9.95. The molecule has 0 N–H and O–H groups in total. The second-order valence-electron chi connectivity index (χ2n) is 7.44. The van der Waals surface area contributed by atoms with Crippen molar-refractivity contribution in [3.8, 4) is 0 Å². The number of hydrogen-bond donors (Lipinski definition) is 0. The van der Waals surface area contributed by atoms with E-state index in [1.54, 1.807) is 0 Å². The molecular weight excluding hydrogens is 353 g/mol. The zero-order valence-corrected chi connectivity index (χ0v) is 16.7. The van der Waals surface area contributed by atoms with Gasteiger partial charge in [0.05, 0.1) is 11.4 Å².